The summed E-state index contributed by atoms with van der Waals surface area (Å²) in [4.78, 5) is 33.0. The highest BCUT2D eigenvalue weighted by Gasteiger charge is 2.51. The van der Waals surface area contributed by atoms with Crippen LogP contribution in [0.3, 0.4) is 0 Å². The summed E-state index contributed by atoms with van der Waals surface area (Å²) in [6.45, 7) is 4.92. The number of piperazine rings is 1. The van der Waals surface area contributed by atoms with Crippen molar-refractivity contribution < 1.29 is 14.0 Å². The number of benzene rings is 2. The average molecular weight is 452 g/mol. The van der Waals surface area contributed by atoms with E-state index in [-0.39, 0.29) is 35.5 Å². The zero-order chi connectivity index (χ0) is 22.9. The molecule has 3 atom stereocenters. The first-order chi connectivity index (χ1) is 16.0. The number of carbonyl (C=O) groups is 2. The van der Waals surface area contributed by atoms with Gasteiger partial charge in [0, 0.05) is 45.8 Å². The summed E-state index contributed by atoms with van der Waals surface area (Å²) in [7, 11) is 1.98. The fourth-order valence-corrected chi connectivity index (χ4v) is 5.26. The second kappa shape index (κ2) is 9.21. The van der Waals surface area contributed by atoms with Crippen LogP contribution >= 0.6 is 0 Å². The van der Waals surface area contributed by atoms with Gasteiger partial charge in [0.25, 0.3) is 0 Å². The number of nitrogens with zero attached hydrogens (tertiary/aromatic N) is 4. The van der Waals surface area contributed by atoms with Crippen molar-refractivity contribution in [2.75, 3.05) is 51.3 Å². The molecule has 2 aromatic carbocycles. The molecule has 7 nitrogen and oxygen atoms in total. The third-order valence-corrected chi connectivity index (χ3v) is 7.03. The Morgan fingerprint density at radius 3 is 2.39 bits per heavy atom. The summed E-state index contributed by atoms with van der Waals surface area (Å²) in [5, 5.41) is 1.62. The van der Waals surface area contributed by atoms with Crippen LogP contribution in [0.5, 0.6) is 0 Å². The van der Waals surface area contributed by atoms with Crippen LogP contribution in [0.2, 0.25) is 0 Å². The van der Waals surface area contributed by atoms with Gasteiger partial charge in [-0.1, -0.05) is 30.3 Å². The molecule has 0 spiro atoms. The predicted molar refractivity (Wildman–Crippen MR) is 124 cm³/mol. The van der Waals surface area contributed by atoms with E-state index in [1.807, 2.05) is 54.4 Å². The van der Waals surface area contributed by atoms with Gasteiger partial charge in [-0.2, -0.15) is 0 Å². The smallest absolute Gasteiger partial charge is 0.247 e. The van der Waals surface area contributed by atoms with Crippen LogP contribution in [-0.4, -0.2) is 78.9 Å². The number of hydrogen-bond donors (Lipinski definition) is 1. The maximum atomic E-state index is 13.6. The number of fused-ring (bicyclic) bond motifs is 1. The van der Waals surface area contributed by atoms with Crippen LogP contribution < -0.4 is 10.4 Å². The molecule has 2 aromatic rings. The van der Waals surface area contributed by atoms with E-state index in [0.29, 0.717) is 26.2 Å². The highest BCUT2D eigenvalue weighted by Crippen LogP contribution is 2.32. The normalized spacial score (nSPS) is 26.5. The monoisotopic (exact) mass is 451 g/mol. The quantitative estimate of drug-likeness (QED) is 0.765. The average Bonchev–Trinajstić information content (AvgIpc) is 3.17. The van der Waals surface area contributed by atoms with Gasteiger partial charge in [0.05, 0.1) is 23.6 Å². The molecule has 0 aromatic heterocycles. The molecule has 0 saturated carbocycles. The Hall–Kier alpha value is -2.81. The number of anilines is 1. The molecule has 0 radical (unpaired) electrons. The molecule has 8 heteroatoms. The zero-order valence-electron chi connectivity index (χ0n) is 18.9. The van der Waals surface area contributed by atoms with Crippen molar-refractivity contribution in [3.05, 3.63) is 66.0 Å². The molecular weight excluding hydrogens is 421 g/mol. The Balaban J connectivity index is 1.24. The van der Waals surface area contributed by atoms with Gasteiger partial charge in [0.1, 0.15) is 5.82 Å². The summed E-state index contributed by atoms with van der Waals surface area (Å²) in [6.07, 6.45) is 0. The molecule has 2 amide bonds. The van der Waals surface area contributed by atoms with Gasteiger partial charge in [-0.25, -0.2) is 14.8 Å². The number of rotatable bonds is 4. The number of para-hydroxylation sites is 1. The zero-order valence-corrected chi connectivity index (χ0v) is 18.9. The largest absolute Gasteiger partial charge is 0.340 e. The van der Waals surface area contributed by atoms with Crippen LogP contribution in [0.25, 0.3) is 0 Å². The first-order valence-electron chi connectivity index (χ1n) is 11.6. The molecule has 3 saturated heterocycles. The Morgan fingerprint density at radius 2 is 1.70 bits per heavy atom. The molecule has 1 N–H and O–H groups in total. The molecule has 3 fully saturated rings. The van der Waals surface area contributed by atoms with E-state index in [4.69, 9.17) is 0 Å². The second-order valence-electron chi connectivity index (χ2n) is 9.33. The molecule has 33 heavy (non-hydrogen) atoms. The van der Waals surface area contributed by atoms with E-state index in [1.165, 1.54) is 12.1 Å². The number of likely N-dealkylation sites (tertiary alicyclic amines) is 1. The van der Waals surface area contributed by atoms with E-state index >= 15 is 0 Å². The van der Waals surface area contributed by atoms with E-state index in [2.05, 4.69) is 15.2 Å². The van der Waals surface area contributed by atoms with Crippen LogP contribution in [0, 0.1) is 17.7 Å². The molecule has 3 heterocycles. The second-order valence-corrected chi connectivity index (χ2v) is 9.33. The van der Waals surface area contributed by atoms with Crippen molar-refractivity contribution in [3.8, 4) is 0 Å². The Kier molecular flexibility index (Phi) is 6.14. The molecular formula is C25H30FN5O2. The summed E-state index contributed by atoms with van der Waals surface area (Å²) >= 11 is 0. The number of hydrogen-bond acceptors (Lipinski definition) is 5. The minimum Gasteiger partial charge on any atom is -0.340 e. The van der Waals surface area contributed by atoms with Crippen LogP contribution in [0.4, 0.5) is 10.1 Å². The Morgan fingerprint density at radius 1 is 1.00 bits per heavy atom. The molecule has 3 aliphatic rings. The summed E-state index contributed by atoms with van der Waals surface area (Å²) in [6, 6.07) is 16.0. The molecule has 3 aliphatic heterocycles. The van der Waals surface area contributed by atoms with Crippen molar-refractivity contribution in [1.82, 2.24) is 20.1 Å². The third kappa shape index (κ3) is 4.51. The maximum absolute atomic E-state index is 13.6. The highest BCUT2D eigenvalue weighted by molar-refractivity contribution is 5.98. The van der Waals surface area contributed by atoms with Crippen molar-refractivity contribution in [2.24, 2.45) is 11.8 Å². The standard InChI is InChI=1S/C25H30FN5O2/c1-28-16-21(23-22(17-28)25(33)31(27-23)20-5-3-2-4-6-20)24(32)30-13-11-29(12-14-30)15-18-7-9-19(26)10-8-18/h2-10,21-23,27H,11-17H2,1H3. The van der Waals surface area contributed by atoms with Crippen LogP contribution in [-0.2, 0) is 16.1 Å². The highest BCUT2D eigenvalue weighted by atomic mass is 19.1. The fourth-order valence-electron chi connectivity index (χ4n) is 5.26. The molecule has 0 bridgehead atoms. The number of hydrazine groups is 1. The number of carbonyl (C=O) groups excluding carboxylic acids is 2. The third-order valence-electron chi connectivity index (χ3n) is 7.03. The van der Waals surface area contributed by atoms with Gasteiger partial charge in [-0.15, -0.1) is 0 Å². The number of nitrogens with one attached hydrogen (secondary N) is 1. The number of halogens is 1. The number of piperidine rings is 1. The lowest BCUT2D eigenvalue weighted by Crippen LogP contribution is -2.59. The topological polar surface area (TPSA) is 59.1 Å². The first-order valence-corrected chi connectivity index (χ1v) is 11.6. The first kappa shape index (κ1) is 22.0. The summed E-state index contributed by atoms with van der Waals surface area (Å²) in [5.74, 6) is -0.588. The van der Waals surface area contributed by atoms with E-state index in [1.54, 1.807) is 5.01 Å². The van der Waals surface area contributed by atoms with Gasteiger partial charge in [0.2, 0.25) is 11.8 Å². The van der Waals surface area contributed by atoms with Gasteiger partial charge < -0.3 is 9.80 Å². The van der Waals surface area contributed by atoms with E-state index in [9.17, 15) is 14.0 Å². The summed E-state index contributed by atoms with van der Waals surface area (Å²) in [5.41, 5.74) is 5.24. The van der Waals surface area contributed by atoms with Crippen LogP contribution in [0.1, 0.15) is 5.56 Å². The lowest BCUT2D eigenvalue weighted by Gasteiger charge is -2.41. The van der Waals surface area contributed by atoms with Crippen LogP contribution in [0.15, 0.2) is 54.6 Å². The summed E-state index contributed by atoms with van der Waals surface area (Å²) < 4.78 is 13.2. The predicted octanol–water partition coefficient (Wildman–Crippen LogP) is 1.57. The molecule has 3 unspecified atom stereocenters. The molecule has 174 valence electrons. The lowest BCUT2D eigenvalue weighted by atomic mass is 9.84. The van der Waals surface area contributed by atoms with E-state index in [0.717, 1.165) is 30.9 Å². The molecule has 5 rings (SSSR count). The molecule has 0 aliphatic carbocycles. The van der Waals surface area contributed by atoms with Crippen molar-refractivity contribution in [1.29, 1.82) is 0 Å². The Labute approximate surface area is 193 Å². The number of amides is 2. The van der Waals surface area contributed by atoms with Gasteiger partial charge in [0.15, 0.2) is 0 Å². The minimum absolute atomic E-state index is 0.0275. The fraction of sp³-hybridized carbons (Fsp3) is 0.440. The van der Waals surface area contributed by atoms with Gasteiger partial charge in [-0.05, 0) is 36.9 Å². The van der Waals surface area contributed by atoms with Crippen molar-refractivity contribution in [2.45, 2.75) is 12.6 Å². The SMILES string of the molecule is CN1CC(C(=O)N2CCN(Cc3ccc(F)cc3)CC2)C2NN(c3ccccc3)C(=O)C2C1. The minimum atomic E-state index is -0.268. The van der Waals surface area contributed by atoms with Crippen molar-refractivity contribution in [3.63, 3.8) is 0 Å². The lowest BCUT2D eigenvalue weighted by molar-refractivity contribution is -0.141. The van der Waals surface area contributed by atoms with Gasteiger partial charge >= 0.3 is 0 Å². The Bertz CT molecular complexity index is 994. The van der Waals surface area contributed by atoms with Crippen molar-refractivity contribution >= 4 is 17.5 Å². The van der Waals surface area contributed by atoms with E-state index < -0.39 is 0 Å². The maximum Gasteiger partial charge on any atom is 0.247 e. The van der Waals surface area contributed by atoms with Gasteiger partial charge in [-0.3, -0.25) is 14.5 Å².